The van der Waals surface area contributed by atoms with E-state index in [1.54, 1.807) is 32.3 Å². The number of halogens is 1. The van der Waals surface area contributed by atoms with Gasteiger partial charge in [0.2, 0.25) is 5.91 Å². The predicted octanol–water partition coefficient (Wildman–Crippen LogP) is 3.24. The molecule has 176 valence electrons. The quantitative estimate of drug-likeness (QED) is 0.439. The lowest BCUT2D eigenvalue weighted by Gasteiger charge is -2.40. The van der Waals surface area contributed by atoms with Gasteiger partial charge in [0, 0.05) is 24.3 Å². The molecule has 2 aromatic heterocycles. The summed E-state index contributed by atoms with van der Waals surface area (Å²) >= 11 is 6.03. The molecule has 9 heteroatoms. The number of hydrogen-bond donors (Lipinski definition) is 4. The number of aromatic nitrogens is 3. The highest BCUT2D eigenvalue weighted by atomic mass is 35.5. The number of nitrogens with zero attached hydrogens (tertiary/aromatic N) is 3. The van der Waals surface area contributed by atoms with Gasteiger partial charge >= 0.3 is 0 Å². The van der Waals surface area contributed by atoms with E-state index in [-0.39, 0.29) is 11.9 Å². The van der Waals surface area contributed by atoms with Crippen molar-refractivity contribution in [2.75, 3.05) is 18.0 Å². The highest BCUT2D eigenvalue weighted by Gasteiger charge is 2.40. The Kier molecular flexibility index (Phi) is 6.35. The fourth-order valence-electron chi connectivity index (χ4n) is 4.43. The van der Waals surface area contributed by atoms with Crippen molar-refractivity contribution < 1.29 is 9.90 Å². The zero-order valence-corrected chi connectivity index (χ0v) is 20.0. The van der Waals surface area contributed by atoms with Crippen LogP contribution in [0.4, 0.5) is 5.82 Å². The smallest absolute Gasteiger partial charge is 0.240 e. The van der Waals surface area contributed by atoms with Crippen LogP contribution < -0.4 is 16.0 Å². The van der Waals surface area contributed by atoms with Gasteiger partial charge in [0.1, 0.15) is 17.8 Å². The second-order valence-corrected chi connectivity index (χ2v) is 10.1. The third-order valence-corrected chi connectivity index (χ3v) is 6.59. The van der Waals surface area contributed by atoms with E-state index in [0.29, 0.717) is 37.4 Å². The first-order valence-electron chi connectivity index (χ1n) is 11.2. The molecule has 0 spiro atoms. The Bertz CT molecular complexity index is 1130. The molecule has 1 aliphatic rings. The average molecular weight is 471 g/mol. The number of aromatic amines is 1. The van der Waals surface area contributed by atoms with Gasteiger partial charge in [-0.2, -0.15) is 0 Å². The monoisotopic (exact) mass is 470 g/mol. The molecule has 4 rings (SSSR count). The summed E-state index contributed by atoms with van der Waals surface area (Å²) in [5, 5.41) is 15.1. The number of H-pyrrole nitrogens is 1. The van der Waals surface area contributed by atoms with Crippen molar-refractivity contribution in [2.24, 2.45) is 5.73 Å². The average Bonchev–Trinajstić information content (AvgIpc) is 3.14. The number of hydrogen-bond acceptors (Lipinski definition) is 6. The van der Waals surface area contributed by atoms with Gasteiger partial charge in [0.25, 0.3) is 0 Å². The number of rotatable bonds is 6. The van der Waals surface area contributed by atoms with Crippen LogP contribution in [0.25, 0.3) is 11.0 Å². The first-order valence-corrected chi connectivity index (χ1v) is 11.5. The fourth-order valence-corrected chi connectivity index (χ4v) is 4.56. The van der Waals surface area contributed by atoms with Crippen LogP contribution in [0.1, 0.15) is 50.3 Å². The lowest BCUT2D eigenvalue weighted by Crippen LogP contribution is -2.60. The Morgan fingerprint density at radius 3 is 2.61 bits per heavy atom. The molecule has 3 aromatic rings. The Morgan fingerprint density at radius 1 is 1.30 bits per heavy atom. The van der Waals surface area contributed by atoms with Crippen molar-refractivity contribution in [3.63, 3.8) is 0 Å². The summed E-state index contributed by atoms with van der Waals surface area (Å²) in [6.45, 7) is 6.69. The number of piperidine rings is 1. The van der Waals surface area contributed by atoms with E-state index in [1.807, 2.05) is 25.3 Å². The minimum atomic E-state index is -1.000. The number of anilines is 1. The lowest BCUT2D eigenvalue weighted by molar-refractivity contribution is -0.128. The zero-order valence-electron chi connectivity index (χ0n) is 19.2. The summed E-state index contributed by atoms with van der Waals surface area (Å²) in [4.78, 5) is 27.5. The summed E-state index contributed by atoms with van der Waals surface area (Å²) in [7, 11) is 0. The van der Waals surface area contributed by atoms with Crippen LogP contribution in [0.3, 0.4) is 0 Å². The number of carbonyl (C=O) groups is 1. The molecule has 1 fully saturated rings. The van der Waals surface area contributed by atoms with Crippen molar-refractivity contribution in [1.29, 1.82) is 0 Å². The summed E-state index contributed by atoms with van der Waals surface area (Å²) in [6, 6.07) is 6.91. The summed E-state index contributed by atoms with van der Waals surface area (Å²) in [5.41, 5.74) is 7.42. The van der Waals surface area contributed by atoms with Gasteiger partial charge in [0.05, 0.1) is 22.6 Å². The van der Waals surface area contributed by atoms with Crippen LogP contribution in [0, 0.1) is 6.92 Å². The van der Waals surface area contributed by atoms with E-state index >= 15 is 0 Å². The zero-order chi connectivity index (χ0) is 23.8. The second kappa shape index (κ2) is 8.93. The van der Waals surface area contributed by atoms with Gasteiger partial charge in [-0.05, 0) is 63.3 Å². The molecule has 0 aliphatic carbocycles. The molecule has 8 nitrogen and oxygen atoms in total. The van der Waals surface area contributed by atoms with E-state index in [2.05, 4.69) is 25.2 Å². The van der Waals surface area contributed by atoms with Crippen LogP contribution >= 0.6 is 11.6 Å². The maximum atomic E-state index is 13.3. The van der Waals surface area contributed by atoms with Crippen molar-refractivity contribution in [1.82, 2.24) is 20.3 Å². The SMILES string of the molecule is Cc1c[nH]c2ncnc(N3CCC(N)(C(=O)N[C@@H](CC(C)(C)O)c4ccc(Cl)cc4)CC3)c12. The van der Waals surface area contributed by atoms with Crippen molar-refractivity contribution in [3.8, 4) is 0 Å². The van der Waals surface area contributed by atoms with Gasteiger partial charge < -0.3 is 26.0 Å². The first kappa shape index (κ1) is 23.5. The van der Waals surface area contributed by atoms with Gasteiger partial charge in [-0.25, -0.2) is 9.97 Å². The molecule has 1 aromatic carbocycles. The third kappa shape index (κ3) is 5.13. The largest absolute Gasteiger partial charge is 0.390 e. The molecule has 33 heavy (non-hydrogen) atoms. The van der Waals surface area contributed by atoms with Crippen LogP contribution in [0.5, 0.6) is 0 Å². The number of nitrogens with one attached hydrogen (secondary N) is 2. The van der Waals surface area contributed by atoms with E-state index in [0.717, 1.165) is 28.0 Å². The Balaban J connectivity index is 1.48. The van der Waals surface area contributed by atoms with E-state index in [4.69, 9.17) is 17.3 Å². The number of fused-ring (bicyclic) bond motifs is 1. The van der Waals surface area contributed by atoms with Gasteiger partial charge in [0.15, 0.2) is 0 Å². The molecule has 3 heterocycles. The van der Waals surface area contributed by atoms with E-state index < -0.39 is 11.1 Å². The maximum Gasteiger partial charge on any atom is 0.240 e. The van der Waals surface area contributed by atoms with Crippen LogP contribution in [-0.4, -0.2) is 50.2 Å². The molecule has 1 saturated heterocycles. The number of aryl methyl sites for hydroxylation is 1. The highest BCUT2D eigenvalue weighted by molar-refractivity contribution is 6.30. The number of amides is 1. The standard InChI is InChI=1S/C24H31ClN6O2/c1-15-13-27-20-19(15)21(29-14-28-20)31-10-8-24(26,9-11-31)22(32)30-18(12-23(2,3)33)16-4-6-17(25)7-5-16/h4-7,13-14,18,33H,8-12,26H2,1-3H3,(H,30,32)(H,27,28,29)/t18-/m0/s1. The number of benzene rings is 1. The van der Waals surface area contributed by atoms with Crippen molar-refractivity contribution in [3.05, 3.63) is 52.9 Å². The minimum Gasteiger partial charge on any atom is -0.390 e. The van der Waals surface area contributed by atoms with Crippen LogP contribution in [0.15, 0.2) is 36.8 Å². The number of carbonyl (C=O) groups excluding carboxylic acids is 1. The fraction of sp³-hybridized carbons (Fsp3) is 0.458. The normalized spacial score (nSPS) is 17.2. The van der Waals surface area contributed by atoms with E-state index in [9.17, 15) is 9.90 Å². The number of aliphatic hydroxyl groups is 1. The van der Waals surface area contributed by atoms with Crippen molar-refractivity contribution in [2.45, 2.75) is 57.2 Å². The molecule has 0 radical (unpaired) electrons. The van der Waals surface area contributed by atoms with Crippen molar-refractivity contribution >= 4 is 34.4 Å². The molecular formula is C24H31ClN6O2. The second-order valence-electron chi connectivity index (χ2n) is 9.63. The molecule has 0 saturated carbocycles. The van der Waals surface area contributed by atoms with Crippen LogP contribution in [-0.2, 0) is 4.79 Å². The lowest BCUT2D eigenvalue weighted by atomic mass is 9.86. The Hall–Kier alpha value is -2.68. The summed E-state index contributed by atoms with van der Waals surface area (Å²) in [5.74, 6) is 0.652. The minimum absolute atomic E-state index is 0.211. The molecule has 0 bridgehead atoms. The van der Waals surface area contributed by atoms with Crippen LogP contribution in [0.2, 0.25) is 5.02 Å². The van der Waals surface area contributed by atoms with Gasteiger partial charge in [-0.15, -0.1) is 0 Å². The summed E-state index contributed by atoms with van der Waals surface area (Å²) < 4.78 is 0. The molecule has 1 aliphatic heterocycles. The van der Waals surface area contributed by atoms with Gasteiger partial charge in [-0.1, -0.05) is 23.7 Å². The Morgan fingerprint density at radius 2 is 1.97 bits per heavy atom. The van der Waals surface area contributed by atoms with Gasteiger partial charge in [-0.3, -0.25) is 4.79 Å². The maximum absolute atomic E-state index is 13.3. The topological polar surface area (TPSA) is 120 Å². The highest BCUT2D eigenvalue weighted by Crippen LogP contribution is 2.31. The molecule has 0 unspecified atom stereocenters. The third-order valence-electron chi connectivity index (χ3n) is 6.34. The summed E-state index contributed by atoms with van der Waals surface area (Å²) in [6.07, 6.45) is 4.81. The molecular weight excluding hydrogens is 440 g/mol. The molecule has 1 atom stereocenters. The Labute approximate surface area is 198 Å². The predicted molar refractivity (Wildman–Crippen MR) is 130 cm³/mol. The first-order chi connectivity index (χ1) is 15.6. The van der Waals surface area contributed by atoms with E-state index in [1.165, 1.54) is 0 Å². The molecule has 5 N–H and O–H groups in total. The molecule has 1 amide bonds. The number of nitrogens with two attached hydrogens (primary N) is 1.